The molecule has 0 fully saturated rings. The van der Waals surface area contributed by atoms with Gasteiger partial charge < -0.3 is 22.3 Å². The Kier molecular flexibility index (Phi) is 9.90. The topological polar surface area (TPSA) is 69.6 Å². The molecule has 0 radical (unpaired) electrons. The van der Waals surface area contributed by atoms with Crippen molar-refractivity contribution in [1.29, 1.82) is 0 Å². The highest BCUT2D eigenvalue weighted by molar-refractivity contribution is 5.81. The maximum atomic E-state index is 12.4. The van der Waals surface area contributed by atoms with E-state index in [-0.39, 0.29) is 29.9 Å². The zero-order chi connectivity index (χ0) is 15.1. The standard InChI is InChI=1S/C13H26N3O3.ClH/c1-6-9-14-15(10-7-2)13(19,8-11-17)12(18)16(3,4)5;/h7,11,14,19H,2,6,8-10H2,1,3-5H3;1H/q+1;/p-1. The lowest BCUT2D eigenvalue weighted by atomic mass is 10.1. The fraction of sp³-hybridized carbons (Fsp3) is 0.692. The fourth-order valence-electron chi connectivity index (χ4n) is 1.69. The summed E-state index contributed by atoms with van der Waals surface area (Å²) in [6.07, 6.45) is 2.67. The number of aldehydes is 1. The van der Waals surface area contributed by atoms with Gasteiger partial charge in [-0.05, 0) is 6.42 Å². The zero-order valence-electron chi connectivity index (χ0n) is 12.7. The van der Waals surface area contributed by atoms with E-state index in [9.17, 15) is 14.7 Å². The quantitative estimate of drug-likeness (QED) is 0.155. The second-order valence-corrected chi connectivity index (χ2v) is 5.31. The number of hydrazine groups is 1. The molecule has 0 heterocycles. The van der Waals surface area contributed by atoms with Crippen LogP contribution in [0.25, 0.3) is 0 Å². The van der Waals surface area contributed by atoms with Crippen molar-refractivity contribution in [3.63, 3.8) is 0 Å². The zero-order valence-corrected chi connectivity index (χ0v) is 13.5. The number of nitrogens with one attached hydrogen (secondary N) is 1. The molecule has 6 nitrogen and oxygen atoms in total. The monoisotopic (exact) mass is 307 g/mol. The Balaban J connectivity index is 0. The Morgan fingerprint density at radius 1 is 1.45 bits per heavy atom. The van der Waals surface area contributed by atoms with E-state index >= 15 is 0 Å². The lowest BCUT2D eigenvalue weighted by Gasteiger charge is -2.39. The molecule has 0 aliphatic carbocycles. The molecule has 0 saturated carbocycles. The van der Waals surface area contributed by atoms with E-state index < -0.39 is 11.6 Å². The molecule has 0 saturated heterocycles. The van der Waals surface area contributed by atoms with E-state index in [4.69, 9.17) is 0 Å². The minimum atomic E-state index is -1.87. The molecule has 0 rings (SSSR count). The first kappa shape index (κ1) is 21.5. The van der Waals surface area contributed by atoms with Gasteiger partial charge in [0.1, 0.15) is 6.29 Å². The molecule has 0 aliphatic rings. The summed E-state index contributed by atoms with van der Waals surface area (Å²) in [7, 11) is 4.97. The smallest absolute Gasteiger partial charge is 0.362 e. The third-order valence-electron chi connectivity index (χ3n) is 2.63. The van der Waals surface area contributed by atoms with E-state index in [2.05, 4.69) is 12.0 Å². The molecular formula is C13H26ClN3O3. The van der Waals surface area contributed by atoms with E-state index in [0.717, 1.165) is 6.42 Å². The second-order valence-electron chi connectivity index (χ2n) is 5.31. The highest BCUT2D eigenvalue weighted by Crippen LogP contribution is 2.19. The van der Waals surface area contributed by atoms with Gasteiger partial charge in [0.05, 0.1) is 27.6 Å². The molecule has 2 N–H and O–H groups in total. The van der Waals surface area contributed by atoms with Gasteiger partial charge in [-0.1, -0.05) is 13.0 Å². The Labute approximate surface area is 127 Å². The summed E-state index contributed by atoms with van der Waals surface area (Å²) < 4.78 is -0.0776. The first-order valence-corrected chi connectivity index (χ1v) is 6.38. The Bertz CT molecular complexity index is 331. The van der Waals surface area contributed by atoms with Crippen LogP contribution < -0.4 is 17.8 Å². The second kappa shape index (κ2) is 9.20. The van der Waals surface area contributed by atoms with Crippen LogP contribution in [0.4, 0.5) is 0 Å². The Morgan fingerprint density at radius 3 is 2.35 bits per heavy atom. The number of hydrogen-bond acceptors (Lipinski definition) is 5. The van der Waals surface area contributed by atoms with Gasteiger partial charge in [-0.3, -0.25) is 9.91 Å². The number of hydrogen-bond donors (Lipinski definition) is 2. The number of carbonyl (C=O) groups is 2. The molecule has 1 unspecified atom stereocenters. The summed E-state index contributed by atoms with van der Waals surface area (Å²) in [6.45, 7) is 6.43. The van der Waals surface area contributed by atoms with E-state index in [1.165, 1.54) is 5.01 Å². The molecular weight excluding hydrogens is 282 g/mol. The number of halogens is 1. The number of nitrogens with zero attached hydrogens (tertiary/aromatic N) is 2. The highest BCUT2D eigenvalue weighted by Gasteiger charge is 2.49. The summed E-state index contributed by atoms with van der Waals surface area (Å²) in [5, 5.41) is 12.0. The van der Waals surface area contributed by atoms with Gasteiger partial charge in [-0.15, -0.1) is 6.58 Å². The van der Waals surface area contributed by atoms with Crippen LogP contribution in [0, 0.1) is 0 Å². The summed E-state index contributed by atoms with van der Waals surface area (Å²) in [6, 6.07) is 0. The van der Waals surface area contributed by atoms with Gasteiger partial charge in [-0.25, -0.2) is 4.79 Å². The average molecular weight is 308 g/mol. The van der Waals surface area contributed by atoms with Crippen LogP contribution in [0.2, 0.25) is 0 Å². The molecule has 0 aromatic rings. The molecule has 7 heteroatoms. The van der Waals surface area contributed by atoms with Crippen molar-refractivity contribution < 1.29 is 31.6 Å². The maximum Gasteiger partial charge on any atom is 0.362 e. The summed E-state index contributed by atoms with van der Waals surface area (Å²) in [5.41, 5.74) is 1.10. The third kappa shape index (κ3) is 5.68. The molecule has 0 bridgehead atoms. The van der Waals surface area contributed by atoms with Gasteiger partial charge in [0.15, 0.2) is 0 Å². The molecule has 0 aromatic carbocycles. The Morgan fingerprint density at radius 2 is 2.00 bits per heavy atom. The maximum absolute atomic E-state index is 12.4. The van der Waals surface area contributed by atoms with Crippen LogP contribution in [0.15, 0.2) is 12.7 Å². The Hall–Kier alpha value is -0.790. The average Bonchev–Trinajstić information content (AvgIpc) is 2.32. The third-order valence-corrected chi connectivity index (χ3v) is 2.63. The largest absolute Gasteiger partial charge is 1.00 e. The minimum absolute atomic E-state index is 0. The predicted octanol–water partition coefficient (Wildman–Crippen LogP) is -3.10. The molecule has 118 valence electrons. The van der Waals surface area contributed by atoms with Crippen LogP contribution in [-0.4, -0.2) is 66.7 Å². The van der Waals surface area contributed by atoms with Crippen molar-refractivity contribution in [2.45, 2.75) is 25.5 Å². The number of likely N-dealkylation sites (N-methyl/N-ethyl adjacent to an activating group) is 1. The SMILES string of the molecule is C=CCN(NCCC)C(O)(CC=O)C(=O)[N+](C)(C)C.[Cl-]. The molecule has 20 heavy (non-hydrogen) atoms. The van der Waals surface area contributed by atoms with E-state index in [1.807, 2.05) is 6.92 Å². The normalized spacial score (nSPS) is 14.3. The number of aliphatic hydroxyl groups is 1. The number of carbonyl (C=O) groups excluding carboxylic acids is 2. The molecule has 0 spiro atoms. The van der Waals surface area contributed by atoms with Crippen molar-refractivity contribution in [3.8, 4) is 0 Å². The number of quaternary nitrogens is 1. The van der Waals surface area contributed by atoms with Crippen molar-refractivity contribution >= 4 is 12.2 Å². The van der Waals surface area contributed by atoms with Gasteiger partial charge in [0.2, 0.25) is 0 Å². The number of rotatable bonds is 9. The van der Waals surface area contributed by atoms with Crippen LogP contribution in [0.3, 0.4) is 0 Å². The summed E-state index contributed by atoms with van der Waals surface area (Å²) >= 11 is 0. The molecule has 0 aliphatic heterocycles. The lowest BCUT2D eigenvalue weighted by Crippen LogP contribution is -3.00. The number of amides is 1. The lowest BCUT2D eigenvalue weighted by molar-refractivity contribution is -0.797. The van der Waals surface area contributed by atoms with Gasteiger partial charge in [-0.2, -0.15) is 5.01 Å². The van der Waals surface area contributed by atoms with E-state index in [1.54, 1.807) is 27.2 Å². The van der Waals surface area contributed by atoms with Crippen LogP contribution >= 0.6 is 0 Å². The van der Waals surface area contributed by atoms with Crippen molar-refractivity contribution in [3.05, 3.63) is 12.7 Å². The fourth-order valence-corrected chi connectivity index (χ4v) is 1.69. The molecule has 0 aromatic heterocycles. The summed E-state index contributed by atoms with van der Waals surface area (Å²) in [4.78, 5) is 23.2. The van der Waals surface area contributed by atoms with Crippen LogP contribution in [0.1, 0.15) is 19.8 Å². The molecule has 1 amide bonds. The van der Waals surface area contributed by atoms with Gasteiger partial charge in [0, 0.05) is 13.1 Å². The van der Waals surface area contributed by atoms with Crippen molar-refractivity contribution in [2.24, 2.45) is 0 Å². The van der Waals surface area contributed by atoms with Crippen molar-refractivity contribution in [1.82, 2.24) is 10.4 Å². The van der Waals surface area contributed by atoms with E-state index in [0.29, 0.717) is 12.8 Å². The first-order valence-electron chi connectivity index (χ1n) is 6.38. The minimum Gasteiger partial charge on any atom is -1.00 e. The summed E-state index contributed by atoms with van der Waals surface area (Å²) in [5.74, 6) is -0.454. The first-order chi connectivity index (χ1) is 8.73. The highest BCUT2D eigenvalue weighted by atomic mass is 35.5. The van der Waals surface area contributed by atoms with Gasteiger partial charge in [0.25, 0.3) is 5.72 Å². The molecule has 1 atom stereocenters. The van der Waals surface area contributed by atoms with Crippen molar-refractivity contribution in [2.75, 3.05) is 34.2 Å². The van der Waals surface area contributed by atoms with Crippen LogP contribution in [0.5, 0.6) is 0 Å². The predicted molar refractivity (Wildman–Crippen MR) is 73.9 cm³/mol. The van der Waals surface area contributed by atoms with Gasteiger partial charge >= 0.3 is 5.91 Å². The van der Waals surface area contributed by atoms with Crippen LogP contribution in [-0.2, 0) is 9.59 Å².